The number of benzene rings is 1. The Hall–Kier alpha value is -2.83. The van der Waals surface area contributed by atoms with Crippen LogP contribution >= 0.6 is 0 Å². The molecule has 3 rings (SSSR count). The number of ether oxygens (including phenoxy) is 2. The molecular weight excluding hydrogens is 332 g/mol. The maximum atomic E-state index is 12.2. The number of rotatable bonds is 6. The van der Waals surface area contributed by atoms with Crippen LogP contribution in [-0.2, 0) is 4.79 Å². The van der Waals surface area contributed by atoms with Gasteiger partial charge >= 0.3 is 0 Å². The van der Waals surface area contributed by atoms with Gasteiger partial charge in [0.2, 0.25) is 5.91 Å². The van der Waals surface area contributed by atoms with Gasteiger partial charge in [-0.3, -0.25) is 9.78 Å². The van der Waals surface area contributed by atoms with E-state index in [9.17, 15) is 4.79 Å². The highest BCUT2D eigenvalue weighted by Crippen LogP contribution is 2.33. The zero-order valence-electron chi connectivity index (χ0n) is 15.1. The van der Waals surface area contributed by atoms with Crippen molar-refractivity contribution in [3.8, 4) is 11.5 Å². The Morgan fingerprint density at radius 1 is 1.12 bits per heavy atom. The van der Waals surface area contributed by atoms with Crippen molar-refractivity contribution in [3.05, 3.63) is 41.9 Å². The van der Waals surface area contributed by atoms with Crippen LogP contribution in [0, 0.1) is 0 Å². The van der Waals surface area contributed by atoms with E-state index in [0.717, 1.165) is 31.7 Å². The molecule has 2 N–H and O–H groups in total. The maximum absolute atomic E-state index is 12.2. The molecule has 7 heteroatoms. The Labute approximate surface area is 153 Å². The number of carbonyl (C=O) groups is 1. The van der Waals surface area contributed by atoms with Gasteiger partial charge in [0, 0.05) is 19.3 Å². The van der Waals surface area contributed by atoms with Crippen molar-refractivity contribution in [2.24, 2.45) is 5.73 Å². The summed E-state index contributed by atoms with van der Waals surface area (Å²) in [6.45, 7) is 1.91. The van der Waals surface area contributed by atoms with Crippen molar-refractivity contribution in [1.82, 2.24) is 9.97 Å². The van der Waals surface area contributed by atoms with E-state index < -0.39 is 11.8 Å². The molecule has 138 valence electrons. The summed E-state index contributed by atoms with van der Waals surface area (Å²) in [5.41, 5.74) is 6.93. The van der Waals surface area contributed by atoms with Gasteiger partial charge in [-0.05, 0) is 37.0 Å². The molecule has 0 aliphatic carbocycles. The lowest BCUT2D eigenvalue weighted by Gasteiger charge is -2.28. The minimum atomic E-state index is -0.702. The van der Waals surface area contributed by atoms with Crippen LogP contribution in [0.2, 0.25) is 0 Å². The zero-order valence-corrected chi connectivity index (χ0v) is 15.1. The van der Waals surface area contributed by atoms with Gasteiger partial charge in [0.25, 0.3) is 0 Å². The van der Waals surface area contributed by atoms with Gasteiger partial charge in [-0.2, -0.15) is 0 Å². The molecule has 1 unspecified atom stereocenters. The van der Waals surface area contributed by atoms with Crippen LogP contribution in [0.4, 0.5) is 5.82 Å². The summed E-state index contributed by atoms with van der Waals surface area (Å²) in [6.07, 6.45) is 6.85. The van der Waals surface area contributed by atoms with E-state index >= 15 is 0 Å². The van der Waals surface area contributed by atoms with E-state index in [1.807, 2.05) is 0 Å². The van der Waals surface area contributed by atoms with Crippen LogP contribution in [0.5, 0.6) is 11.5 Å². The summed E-state index contributed by atoms with van der Waals surface area (Å²) >= 11 is 0. The average molecular weight is 356 g/mol. The standard InChI is InChI=1S/C19H24N4O3/c1-25-15-7-6-13(10-16(15)26-2)18(19(20)24)14-11-21-12-17(22-14)23-8-4-3-5-9-23/h6-7,10-12,18H,3-5,8-9H2,1-2H3,(H2,20,24). The zero-order chi connectivity index (χ0) is 18.5. The normalized spacial score (nSPS) is 15.4. The molecule has 1 aliphatic rings. The van der Waals surface area contributed by atoms with Crippen molar-refractivity contribution < 1.29 is 14.3 Å². The van der Waals surface area contributed by atoms with E-state index in [1.54, 1.807) is 44.8 Å². The average Bonchev–Trinajstić information content (AvgIpc) is 2.68. The molecular formula is C19H24N4O3. The summed E-state index contributed by atoms with van der Waals surface area (Å²) in [6, 6.07) is 5.31. The van der Waals surface area contributed by atoms with Crippen molar-refractivity contribution in [2.45, 2.75) is 25.2 Å². The smallest absolute Gasteiger partial charge is 0.231 e. The van der Waals surface area contributed by atoms with Crippen LogP contribution in [0.15, 0.2) is 30.6 Å². The second kappa shape index (κ2) is 8.03. The second-order valence-corrected chi connectivity index (χ2v) is 6.30. The largest absolute Gasteiger partial charge is 0.493 e. The lowest BCUT2D eigenvalue weighted by Crippen LogP contribution is -2.31. The molecule has 1 fully saturated rings. The molecule has 1 amide bonds. The topological polar surface area (TPSA) is 90.6 Å². The molecule has 2 aromatic rings. The minimum Gasteiger partial charge on any atom is -0.493 e. The Morgan fingerprint density at radius 3 is 2.50 bits per heavy atom. The highest BCUT2D eigenvalue weighted by molar-refractivity contribution is 5.85. The number of hydrogen-bond acceptors (Lipinski definition) is 6. The first kappa shape index (κ1) is 18.0. The molecule has 0 radical (unpaired) electrons. The number of amides is 1. The van der Waals surface area contributed by atoms with E-state index in [-0.39, 0.29) is 0 Å². The van der Waals surface area contributed by atoms with E-state index in [1.165, 1.54) is 6.42 Å². The fraction of sp³-hybridized carbons (Fsp3) is 0.421. The number of aromatic nitrogens is 2. The summed E-state index contributed by atoms with van der Waals surface area (Å²) in [4.78, 5) is 23.4. The molecule has 26 heavy (non-hydrogen) atoms. The molecule has 1 atom stereocenters. The number of hydrogen-bond donors (Lipinski definition) is 1. The number of nitrogens with two attached hydrogens (primary N) is 1. The van der Waals surface area contributed by atoms with Crippen LogP contribution in [0.1, 0.15) is 36.4 Å². The highest BCUT2D eigenvalue weighted by atomic mass is 16.5. The van der Waals surface area contributed by atoms with Gasteiger partial charge in [-0.1, -0.05) is 6.07 Å². The van der Waals surface area contributed by atoms with Crippen molar-refractivity contribution in [3.63, 3.8) is 0 Å². The molecule has 7 nitrogen and oxygen atoms in total. The molecule has 2 heterocycles. The number of carbonyl (C=O) groups excluding carboxylic acids is 1. The molecule has 0 spiro atoms. The first-order valence-corrected chi connectivity index (χ1v) is 8.72. The molecule has 0 saturated carbocycles. The van der Waals surface area contributed by atoms with Gasteiger partial charge in [0.05, 0.1) is 26.1 Å². The van der Waals surface area contributed by atoms with Gasteiger partial charge in [-0.15, -0.1) is 0 Å². The first-order valence-electron chi connectivity index (χ1n) is 8.72. The maximum Gasteiger partial charge on any atom is 0.231 e. The van der Waals surface area contributed by atoms with Gasteiger partial charge < -0.3 is 20.1 Å². The van der Waals surface area contributed by atoms with Crippen LogP contribution in [0.3, 0.4) is 0 Å². The quantitative estimate of drug-likeness (QED) is 0.852. The van der Waals surface area contributed by atoms with Gasteiger partial charge in [0.15, 0.2) is 11.5 Å². The lowest BCUT2D eigenvalue weighted by molar-refractivity contribution is -0.118. The predicted octanol–water partition coefficient (Wildman–Crippen LogP) is 2.10. The monoisotopic (exact) mass is 356 g/mol. The van der Waals surface area contributed by atoms with Crippen molar-refractivity contribution in [2.75, 3.05) is 32.2 Å². The van der Waals surface area contributed by atoms with Crippen molar-refractivity contribution in [1.29, 1.82) is 0 Å². The van der Waals surface area contributed by atoms with E-state index in [4.69, 9.17) is 15.2 Å². The predicted molar refractivity (Wildman–Crippen MR) is 98.7 cm³/mol. The van der Waals surface area contributed by atoms with Crippen LogP contribution < -0.4 is 20.1 Å². The number of primary amides is 1. The van der Waals surface area contributed by atoms with Crippen LogP contribution in [-0.4, -0.2) is 43.2 Å². The highest BCUT2D eigenvalue weighted by Gasteiger charge is 2.25. The Bertz CT molecular complexity index is 775. The van der Waals surface area contributed by atoms with Gasteiger partial charge in [-0.25, -0.2) is 4.98 Å². The summed E-state index contributed by atoms with van der Waals surface area (Å²) < 4.78 is 10.6. The fourth-order valence-corrected chi connectivity index (χ4v) is 3.30. The van der Waals surface area contributed by atoms with E-state index in [0.29, 0.717) is 22.8 Å². The number of methoxy groups -OCH3 is 2. The third-order valence-electron chi connectivity index (χ3n) is 4.64. The second-order valence-electron chi connectivity index (χ2n) is 6.30. The molecule has 1 aromatic heterocycles. The molecule has 1 saturated heterocycles. The Balaban J connectivity index is 1.97. The number of piperidine rings is 1. The third-order valence-corrected chi connectivity index (χ3v) is 4.64. The summed E-state index contributed by atoms with van der Waals surface area (Å²) in [5.74, 6) is 0.729. The van der Waals surface area contributed by atoms with Crippen molar-refractivity contribution >= 4 is 11.7 Å². The Morgan fingerprint density at radius 2 is 1.85 bits per heavy atom. The van der Waals surface area contributed by atoms with E-state index in [2.05, 4.69) is 14.9 Å². The molecule has 0 bridgehead atoms. The van der Waals surface area contributed by atoms with Crippen LogP contribution in [0.25, 0.3) is 0 Å². The number of nitrogens with zero attached hydrogens (tertiary/aromatic N) is 3. The molecule has 1 aromatic carbocycles. The summed E-state index contributed by atoms with van der Waals surface area (Å²) in [7, 11) is 3.12. The Kier molecular flexibility index (Phi) is 5.55. The minimum absolute atomic E-state index is 0.484. The first-order chi connectivity index (χ1) is 12.6. The summed E-state index contributed by atoms with van der Waals surface area (Å²) in [5, 5.41) is 0. The lowest BCUT2D eigenvalue weighted by atomic mass is 9.95. The molecule has 1 aliphatic heterocycles. The number of anilines is 1. The van der Waals surface area contributed by atoms with Gasteiger partial charge in [0.1, 0.15) is 11.7 Å². The fourth-order valence-electron chi connectivity index (χ4n) is 3.30. The SMILES string of the molecule is COc1ccc(C(C(N)=O)c2cncc(N3CCCCC3)n2)cc1OC. The third kappa shape index (κ3) is 3.71.